The number of para-hydroxylation sites is 1. The van der Waals surface area contributed by atoms with Crippen LogP contribution in [-0.2, 0) is 14.2 Å². The van der Waals surface area contributed by atoms with Crippen LogP contribution in [0.2, 0.25) is 0 Å². The molecule has 0 spiro atoms. The largest absolute Gasteiger partial charge is 0.447 e. The van der Waals surface area contributed by atoms with Gasteiger partial charge in [0.25, 0.3) is 0 Å². The van der Waals surface area contributed by atoms with E-state index in [0.717, 1.165) is 19.3 Å². The van der Waals surface area contributed by atoms with Crippen molar-refractivity contribution in [3.63, 3.8) is 0 Å². The molecule has 0 radical (unpaired) electrons. The van der Waals surface area contributed by atoms with E-state index in [1.807, 2.05) is 6.07 Å². The van der Waals surface area contributed by atoms with E-state index in [1.165, 1.54) is 19.3 Å². The lowest BCUT2D eigenvalue weighted by molar-refractivity contribution is -0.299. The number of thiocarbonyl (C=S) groups is 1. The standard InChI is InChI=1S/C21H32O7S/c1-2-3-4-5-6-10-13-25-20-18(24)19(17(23)16(14-22)27-20)28-21(29)26-15-11-8-7-9-12-15/h7-9,11-12,16-20,22-24H,2-6,10,13-14H2,1H3/t16-,17+,18-,19+,20-/m1/s1. The number of aliphatic hydroxyl groups excluding tert-OH is 3. The van der Waals surface area contributed by atoms with Crippen molar-refractivity contribution in [3.05, 3.63) is 30.3 Å². The fraction of sp³-hybridized carbons (Fsp3) is 0.667. The first-order valence-corrected chi connectivity index (χ1v) is 10.6. The Morgan fingerprint density at radius 1 is 1.03 bits per heavy atom. The van der Waals surface area contributed by atoms with Crippen LogP contribution >= 0.6 is 12.2 Å². The molecule has 0 aromatic heterocycles. The number of ether oxygens (including phenoxy) is 4. The Morgan fingerprint density at radius 3 is 2.41 bits per heavy atom. The fourth-order valence-electron chi connectivity index (χ4n) is 3.13. The van der Waals surface area contributed by atoms with Crippen molar-refractivity contribution in [2.75, 3.05) is 13.2 Å². The van der Waals surface area contributed by atoms with Gasteiger partial charge in [-0.05, 0) is 18.6 Å². The first-order chi connectivity index (χ1) is 14.1. The second-order valence-corrected chi connectivity index (χ2v) is 7.43. The second-order valence-electron chi connectivity index (χ2n) is 7.09. The Bertz CT molecular complexity index is 586. The Balaban J connectivity index is 1.86. The summed E-state index contributed by atoms with van der Waals surface area (Å²) in [5.41, 5.74) is 0. The fourth-order valence-corrected chi connectivity index (χ4v) is 3.34. The zero-order valence-corrected chi connectivity index (χ0v) is 17.6. The molecule has 1 aromatic rings. The Hall–Kier alpha value is -1.29. The molecule has 0 saturated carbocycles. The minimum Gasteiger partial charge on any atom is -0.447 e. The predicted molar refractivity (Wildman–Crippen MR) is 112 cm³/mol. The summed E-state index contributed by atoms with van der Waals surface area (Å²) in [5.74, 6) is 0.475. The highest BCUT2D eigenvalue weighted by atomic mass is 32.1. The van der Waals surface area contributed by atoms with Crippen molar-refractivity contribution < 1.29 is 34.3 Å². The van der Waals surface area contributed by atoms with Gasteiger partial charge in [-0.15, -0.1) is 0 Å². The van der Waals surface area contributed by atoms with Gasteiger partial charge in [0.05, 0.1) is 6.61 Å². The quantitative estimate of drug-likeness (QED) is 0.365. The highest BCUT2D eigenvalue weighted by Gasteiger charge is 2.47. The van der Waals surface area contributed by atoms with Crippen LogP contribution in [-0.4, -0.2) is 64.5 Å². The maximum absolute atomic E-state index is 10.6. The molecule has 0 unspecified atom stereocenters. The number of rotatable bonds is 11. The first-order valence-electron chi connectivity index (χ1n) is 10.2. The van der Waals surface area contributed by atoms with Crippen LogP contribution in [0.15, 0.2) is 30.3 Å². The smallest absolute Gasteiger partial charge is 0.358 e. The molecule has 0 aliphatic carbocycles. The summed E-state index contributed by atoms with van der Waals surface area (Å²) in [4.78, 5) is 0. The van der Waals surface area contributed by atoms with E-state index in [9.17, 15) is 15.3 Å². The van der Waals surface area contributed by atoms with Crippen LogP contribution in [0.1, 0.15) is 45.4 Å². The molecule has 8 heteroatoms. The van der Waals surface area contributed by atoms with Gasteiger partial charge in [0.15, 0.2) is 12.4 Å². The van der Waals surface area contributed by atoms with Crippen molar-refractivity contribution in [2.24, 2.45) is 0 Å². The van der Waals surface area contributed by atoms with Gasteiger partial charge in [-0.2, -0.15) is 0 Å². The van der Waals surface area contributed by atoms with Gasteiger partial charge in [-0.1, -0.05) is 57.2 Å². The molecule has 0 bridgehead atoms. The molecule has 0 amide bonds. The monoisotopic (exact) mass is 428 g/mol. The zero-order chi connectivity index (χ0) is 21.1. The lowest BCUT2D eigenvalue weighted by Crippen LogP contribution is -2.60. The van der Waals surface area contributed by atoms with Crippen LogP contribution in [0.25, 0.3) is 0 Å². The molecule has 2 rings (SSSR count). The van der Waals surface area contributed by atoms with Gasteiger partial charge in [0.2, 0.25) is 0 Å². The van der Waals surface area contributed by atoms with Crippen molar-refractivity contribution in [3.8, 4) is 5.75 Å². The van der Waals surface area contributed by atoms with E-state index < -0.39 is 37.3 Å². The molecular formula is C21H32O7S. The Morgan fingerprint density at radius 2 is 1.72 bits per heavy atom. The van der Waals surface area contributed by atoms with E-state index in [1.54, 1.807) is 24.3 Å². The minimum atomic E-state index is -1.29. The average molecular weight is 429 g/mol. The number of benzene rings is 1. The minimum absolute atomic E-state index is 0.243. The molecule has 1 fully saturated rings. The first kappa shape index (κ1) is 24.0. The van der Waals surface area contributed by atoms with Crippen LogP contribution in [0, 0.1) is 0 Å². The van der Waals surface area contributed by atoms with Crippen LogP contribution < -0.4 is 4.74 Å². The summed E-state index contributed by atoms with van der Waals surface area (Å²) in [6, 6.07) is 8.80. The summed E-state index contributed by atoms with van der Waals surface area (Å²) < 4.78 is 22.1. The van der Waals surface area contributed by atoms with Crippen molar-refractivity contribution in [1.82, 2.24) is 0 Å². The molecule has 1 aromatic carbocycles. The van der Waals surface area contributed by atoms with Gasteiger partial charge in [0, 0.05) is 18.8 Å². The lowest BCUT2D eigenvalue weighted by Gasteiger charge is -2.41. The molecule has 29 heavy (non-hydrogen) atoms. The predicted octanol–water partition coefficient (Wildman–Crippen LogP) is 2.55. The molecular weight excluding hydrogens is 396 g/mol. The normalized spacial score (nSPS) is 26.8. The third-order valence-corrected chi connectivity index (χ3v) is 4.96. The molecule has 7 nitrogen and oxygen atoms in total. The zero-order valence-electron chi connectivity index (χ0n) is 16.8. The highest BCUT2D eigenvalue weighted by Crippen LogP contribution is 2.25. The summed E-state index contributed by atoms with van der Waals surface area (Å²) in [5, 5.41) is 30.2. The van der Waals surface area contributed by atoms with E-state index in [2.05, 4.69) is 6.92 Å². The van der Waals surface area contributed by atoms with Crippen LogP contribution in [0.5, 0.6) is 5.75 Å². The van der Waals surface area contributed by atoms with Gasteiger partial charge in [-0.25, -0.2) is 0 Å². The maximum atomic E-state index is 10.6. The van der Waals surface area contributed by atoms with Crippen LogP contribution in [0.4, 0.5) is 0 Å². The summed E-state index contributed by atoms with van der Waals surface area (Å²) in [6.07, 6.45) is 0.915. The topological polar surface area (TPSA) is 97.6 Å². The van der Waals surface area contributed by atoms with E-state index in [-0.39, 0.29) is 5.24 Å². The molecule has 1 aliphatic rings. The van der Waals surface area contributed by atoms with Crippen LogP contribution in [0.3, 0.4) is 0 Å². The van der Waals surface area contributed by atoms with E-state index >= 15 is 0 Å². The highest BCUT2D eigenvalue weighted by molar-refractivity contribution is 7.79. The maximum Gasteiger partial charge on any atom is 0.358 e. The Kier molecular flexibility index (Phi) is 10.8. The SMILES string of the molecule is CCCCCCCCO[C@@H]1O[C@H](CO)[C@H](O)[C@H](OC(=S)Oc2ccccc2)[C@H]1O. The Labute approximate surface area is 177 Å². The molecule has 5 atom stereocenters. The third-order valence-electron chi connectivity index (χ3n) is 4.78. The number of unbranched alkanes of at least 4 members (excludes halogenated alkanes) is 5. The van der Waals surface area contributed by atoms with Gasteiger partial charge < -0.3 is 34.3 Å². The van der Waals surface area contributed by atoms with Gasteiger partial charge in [0.1, 0.15) is 24.1 Å². The number of hydrogen-bond acceptors (Lipinski definition) is 8. The molecule has 1 aliphatic heterocycles. The summed E-state index contributed by atoms with van der Waals surface area (Å²) in [6.45, 7) is 2.13. The second kappa shape index (κ2) is 13.1. The van der Waals surface area contributed by atoms with Crippen molar-refractivity contribution >= 4 is 17.5 Å². The lowest BCUT2D eigenvalue weighted by atomic mass is 9.99. The summed E-state index contributed by atoms with van der Waals surface area (Å²) in [7, 11) is 0. The number of hydrogen-bond donors (Lipinski definition) is 3. The number of aliphatic hydroxyl groups is 3. The molecule has 1 saturated heterocycles. The molecule has 1 heterocycles. The van der Waals surface area contributed by atoms with E-state index in [4.69, 9.17) is 31.2 Å². The molecule has 164 valence electrons. The summed E-state index contributed by atoms with van der Waals surface area (Å²) >= 11 is 5.08. The third kappa shape index (κ3) is 7.81. The average Bonchev–Trinajstić information content (AvgIpc) is 2.72. The molecule has 3 N–H and O–H groups in total. The van der Waals surface area contributed by atoms with Crippen molar-refractivity contribution in [2.45, 2.75) is 76.2 Å². The van der Waals surface area contributed by atoms with Gasteiger partial charge >= 0.3 is 5.24 Å². The van der Waals surface area contributed by atoms with Gasteiger partial charge in [-0.3, -0.25) is 0 Å². The van der Waals surface area contributed by atoms with E-state index in [0.29, 0.717) is 12.4 Å². The van der Waals surface area contributed by atoms with Crippen molar-refractivity contribution in [1.29, 1.82) is 0 Å².